The van der Waals surface area contributed by atoms with Crippen molar-refractivity contribution in [1.82, 2.24) is 5.32 Å². The third kappa shape index (κ3) is 3.12. The summed E-state index contributed by atoms with van der Waals surface area (Å²) in [5.41, 5.74) is -0.0900. The van der Waals surface area contributed by atoms with Crippen LogP contribution in [0.5, 0.6) is 0 Å². The summed E-state index contributed by atoms with van der Waals surface area (Å²) in [6.45, 7) is 3.43. The SMILES string of the molecule is Cc1ccc(F)c(C(=O)NC2(C)CCS(=O)(=O)C2)c1. The topological polar surface area (TPSA) is 63.2 Å². The lowest BCUT2D eigenvalue weighted by Crippen LogP contribution is -2.47. The summed E-state index contributed by atoms with van der Waals surface area (Å²) in [6, 6.07) is 4.27. The summed E-state index contributed by atoms with van der Waals surface area (Å²) >= 11 is 0. The molecular formula is C13H16FNO3S. The van der Waals surface area contributed by atoms with Crippen LogP contribution in [0.25, 0.3) is 0 Å². The lowest BCUT2D eigenvalue weighted by molar-refractivity contribution is 0.0911. The monoisotopic (exact) mass is 285 g/mol. The van der Waals surface area contributed by atoms with Crippen molar-refractivity contribution in [2.45, 2.75) is 25.8 Å². The van der Waals surface area contributed by atoms with Gasteiger partial charge in [-0.15, -0.1) is 0 Å². The van der Waals surface area contributed by atoms with E-state index in [1.165, 1.54) is 12.1 Å². The van der Waals surface area contributed by atoms with E-state index < -0.39 is 27.1 Å². The molecule has 0 bridgehead atoms. The van der Waals surface area contributed by atoms with E-state index in [4.69, 9.17) is 0 Å². The summed E-state index contributed by atoms with van der Waals surface area (Å²) in [7, 11) is -3.11. The molecule has 1 aromatic carbocycles. The highest BCUT2D eigenvalue weighted by atomic mass is 32.2. The molecule has 1 fully saturated rings. The molecule has 1 heterocycles. The molecule has 104 valence electrons. The Morgan fingerprint density at radius 1 is 1.42 bits per heavy atom. The standard InChI is InChI=1S/C13H16FNO3S/c1-9-3-4-11(14)10(7-9)12(16)15-13(2)5-6-19(17,18)8-13/h3-4,7H,5-6,8H2,1-2H3,(H,15,16). The maximum Gasteiger partial charge on any atom is 0.254 e. The Labute approximate surface area is 111 Å². The number of nitrogens with one attached hydrogen (secondary N) is 1. The van der Waals surface area contributed by atoms with Gasteiger partial charge in [0.05, 0.1) is 22.6 Å². The average Bonchev–Trinajstić information content (AvgIpc) is 2.56. The number of halogens is 1. The Morgan fingerprint density at radius 3 is 2.68 bits per heavy atom. The van der Waals surface area contributed by atoms with Crippen LogP contribution in [0.2, 0.25) is 0 Å². The number of sulfone groups is 1. The van der Waals surface area contributed by atoms with Gasteiger partial charge in [-0.05, 0) is 32.4 Å². The van der Waals surface area contributed by atoms with Gasteiger partial charge in [-0.1, -0.05) is 11.6 Å². The van der Waals surface area contributed by atoms with Crippen molar-refractivity contribution in [3.63, 3.8) is 0 Å². The number of benzene rings is 1. The normalized spacial score (nSPS) is 25.2. The molecule has 1 aliphatic heterocycles. The second-order valence-corrected chi connectivity index (χ2v) is 7.52. The number of aryl methyl sites for hydroxylation is 1. The third-order valence-corrected chi connectivity index (χ3v) is 5.19. The predicted molar refractivity (Wildman–Crippen MR) is 70.3 cm³/mol. The summed E-state index contributed by atoms with van der Waals surface area (Å²) < 4.78 is 36.5. The van der Waals surface area contributed by atoms with Gasteiger partial charge in [-0.25, -0.2) is 12.8 Å². The molecule has 1 aliphatic rings. The van der Waals surface area contributed by atoms with E-state index in [0.29, 0.717) is 6.42 Å². The molecule has 0 aromatic heterocycles. The third-order valence-electron chi connectivity index (χ3n) is 3.29. The highest BCUT2D eigenvalue weighted by Gasteiger charge is 2.39. The highest BCUT2D eigenvalue weighted by Crippen LogP contribution is 2.23. The van der Waals surface area contributed by atoms with E-state index in [9.17, 15) is 17.6 Å². The zero-order chi connectivity index (χ0) is 14.3. The molecule has 1 saturated heterocycles. The molecule has 2 rings (SSSR count). The van der Waals surface area contributed by atoms with E-state index in [2.05, 4.69) is 5.32 Å². The maximum absolute atomic E-state index is 13.6. The fourth-order valence-corrected chi connectivity index (χ4v) is 4.36. The first-order valence-corrected chi connectivity index (χ1v) is 7.82. The molecule has 0 saturated carbocycles. The highest BCUT2D eigenvalue weighted by molar-refractivity contribution is 7.91. The Hall–Kier alpha value is -1.43. The van der Waals surface area contributed by atoms with Gasteiger partial charge in [-0.2, -0.15) is 0 Å². The number of hydrogen-bond acceptors (Lipinski definition) is 3. The van der Waals surface area contributed by atoms with E-state index in [1.54, 1.807) is 19.9 Å². The van der Waals surface area contributed by atoms with Gasteiger partial charge >= 0.3 is 0 Å². The van der Waals surface area contributed by atoms with Crippen LogP contribution in [-0.2, 0) is 9.84 Å². The van der Waals surface area contributed by atoms with Crippen molar-refractivity contribution in [2.75, 3.05) is 11.5 Å². The van der Waals surface area contributed by atoms with Crippen LogP contribution in [0.1, 0.15) is 29.3 Å². The van der Waals surface area contributed by atoms with Gasteiger partial charge in [-0.3, -0.25) is 4.79 Å². The first kappa shape index (κ1) is 14.0. The van der Waals surface area contributed by atoms with Crippen molar-refractivity contribution in [1.29, 1.82) is 0 Å². The molecule has 1 N–H and O–H groups in total. The fraction of sp³-hybridized carbons (Fsp3) is 0.462. The molecule has 1 amide bonds. The van der Waals surface area contributed by atoms with Gasteiger partial charge in [0.1, 0.15) is 5.82 Å². The zero-order valence-electron chi connectivity index (χ0n) is 10.9. The second kappa shape index (κ2) is 4.59. The van der Waals surface area contributed by atoms with Crippen LogP contribution in [-0.4, -0.2) is 31.4 Å². The lowest BCUT2D eigenvalue weighted by Gasteiger charge is -2.24. The van der Waals surface area contributed by atoms with Crippen molar-refractivity contribution < 1.29 is 17.6 Å². The molecule has 1 aromatic rings. The minimum Gasteiger partial charge on any atom is -0.346 e. The van der Waals surface area contributed by atoms with Gasteiger partial charge in [0, 0.05) is 0 Å². The van der Waals surface area contributed by atoms with Crippen molar-refractivity contribution in [3.8, 4) is 0 Å². The van der Waals surface area contributed by atoms with Crippen molar-refractivity contribution in [3.05, 3.63) is 35.1 Å². The molecule has 6 heteroatoms. The lowest BCUT2D eigenvalue weighted by atomic mass is 10.0. The molecular weight excluding hydrogens is 269 g/mol. The number of hydrogen-bond donors (Lipinski definition) is 1. The molecule has 1 unspecified atom stereocenters. The number of amides is 1. The van der Waals surface area contributed by atoms with Gasteiger partial charge < -0.3 is 5.32 Å². The van der Waals surface area contributed by atoms with E-state index in [-0.39, 0.29) is 17.1 Å². The van der Waals surface area contributed by atoms with E-state index in [1.807, 2.05) is 0 Å². The van der Waals surface area contributed by atoms with Crippen LogP contribution in [0, 0.1) is 12.7 Å². The van der Waals surface area contributed by atoms with Crippen LogP contribution in [0.3, 0.4) is 0 Å². The Morgan fingerprint density at radius 2 is 2.11 bits per heavy atom. The minimum absolute atomic E-state index is 0.0504. The average molecular weight is 285 g/mol. The van der Waals surface area contributed by atoms with Crippen LogP contribution in [0.15, 0.2) is 18.2 Å². The summed E-state index contributed by atoms with van der Waals surface area (Å²) in [5, 5.41) is 2.64. The predicted octanol–water partition coefficient (Wildman–Crippen LogP) is 1.44. The van der Waals surface area contributed by atoms with Crippen molar-refractivity contribution >= 4 is 15.7 Å². The van der Waals surface area contributed by atoms with Crippen molar-refractivity contribution in [2.24, 2.45) is 0 Å². The minimum atomic E-state index is -3.11. The first-order chi connectivity index (χ1) is 8.71. The molecule has 1 atom stereocenters. The summed E-state index contributed by atoms with van der Waals surface area (Å²) in [6.07, 6.45) is 0.356. The summed E-state index contributed by atoms with van der Waals surface area (Å²) in [4.78, 5) is 12.0. The smallest absolute Gasteiger partial charge is 0.254 e. The number of carbonyl (C=O) groups is 1. The number of carbonyl (C=O) groups excluding carboxylic acids is 1. The number of rotatable bonds is 2. The van der Waals surface area contributed by atoms with E-state index >= 15 is 0 Å². The van der Waals surface area contributed by atoms with Gasteiger partial charge in [0.15, 0.2) is 9.84 Å². The second-order valence-electron chi connectivity index (χ2n) is 5.34. The molecule has 0 radical (unpaired) electrons. The Kier molecular flexibility index (Phi) is 3.38. The molecule has 4 nitrogen and oxygen atoms in total. The van der Waals surface area contributed by atoms with Crippen LogP contribution in [0.4, 0.5) is 4.39 Å². The Balaban J connectivity index is 2.20. The summed E-state index contributed by atoms with van der Waals surface area (Å²) in [5.74, 6) is -1.22. The quantitative estimate of drug-likeness (QED) is 0.894. The molecule has 0 spiro atoms. The van der Waals surface area contributed by atoms with Crippen LogP contribution < -0.4 is 5.32 Å². The zero-order valence-corrected chi connectivity index (χ0v) is 11.7. The molecule has 0 aliphatic carbocycles. The fourth-order valence-electron chi connectivity index (χ4n) is 2.26. The van der Waals surface area contributed by atoms with Gasteiger partial charge in [0.25, 0.3) is 5.91 Å². The van der Waals surface area contributed by atoms with Crippen LogP contribution >= 0.6 is 0 Å². The first-order valence-electron chi connectivity index (χ1n) is 6.00. The Bertz CT molecular complexity index is 627. The van der Waals surface area contributed by atoms with E-state index in [0.717, 1.165) is 5.56 Å². The maximum atomic E-state index is 13.6. The molecule has 19 heavy (non-hydrogen) atoms. The largest absolute Gasteiger partial charge is 0.346 e. The van der Waals surface area contributed by atoms with Gasteiger partial charge in [0.2, 0.25) is 0 Å².